The van der Waals surface area contributed by atoms with Gasteiger partial charge in [-0.2, -0.15) is 0 Å². The summed E-state index contributed by atoms with van der Waals surface area (Å²) in [5.41, 5.74) is 1.42. The highest BCUT2D eigenvalue weighted by Gasteiger charge is 2.39. The molecule has 2 aromatic rings. The minimum absolute atomic E-state index is 0.0714. The molecule has 2 rings (SSSR count). The zero-order valence-electron chi connectivity index (χ0n) is 21.7. The van der Waals surface area contributed by atoms with Crippen LogP contribution >= 0.6 is 11.6 Å². The van der Waals surface area contributed by atoms with Gasteiger partial charge in [-0.1, -0.05) is 58.4 Å². The predicted molar refractivity (Wildman–Crippen MR) is 140 cm³/mol. The molecule has 0 saturated heterocycles. The molecule has 0 radical (unpaired) electrons. The van der Waals surface area contributed by atoms with Gasteiger partial charge in [0.25, 0.3) is 0 Å². The molecule has 7 nitrogen and oxygen atoms in total. The van der Waals surface area contributed by atoms with Crippen molar-refractivity contribution in [3.63, 3.8) is 0 Å². The fourth-order valence-corrected chi connectivity index (χ4v) is 4.39. The Hall–Kier alpha value is -2.64. The highest BCUT2D eigenvalue weighted by atomic mass is 35.5. The summed E-state index contributed by atoms with van der Waals surface area (Å²) >= 11 is 6.67. The number of urea groups is 1. The Morgan fingerprint density at radius 1 is 1.14 bits per heavy atom. The molecule has 1 heterocycles. The van der Waals surface area contributed by atoms with Gasteiger partial charge in [-0.3, -0.25) is 5.32 Å². The maximum absolute atomic E-state index is 13.0. The van der Waals surface area contributed by atoms with Gasteiger partial charge in [-0.05, 0) is 60.4 Å². The molecule has 0 spiro atoms. The minimum atomic E-state index is -0.912. The smallest absolute Gasteiger partial charge is 0.339 e. The van der Waals surface area contributed by atoms with Gasteiger partial charge in [0.05, 0.1) is 18.2 Å². The van der Waals surface area contributed by atoms with Crippen molar-refractivity contribution in [3.8, 4) is 0 Å². The number of aryl methyl sites for hydroxylation is 1. The van der Waals surface area contributed by atoms with E-state index >= 15 is 0 Å². The number of carbonyl (C=O) groups excluding carboxylic acids is 2. The molecule has 2 atom stereocenters. The third-order valence-corrected chi connectivity index (χ3v) is 6.69. The highest BCUT2D eigenvalue weighted by Crippen LogP contribution is 2.37. The van der Waals surface area contributed by atoms with E-state index in [1.54, 1.807) is 0 Å². The SMILES string of the molecule is COC(=O)c1ccc(NC(=O)NC(C)(c2ccc(CCC(C)(C)C)c(Cl)c2)C(CO)C(C)C)nc1. The van der Waals surface area contributed by atoms with Crippen LogP contribution in [0.15, 0.2) is 36.5 Å². The van der Waals surface area contributed by atoms with Gasteiger partial charge in [0.2, 0.25) is 0 Å². The average molecular weight is 504 g/mol. The normalized spacial score (nSPS) is 14.2. The topological polar surface area (TPSA) is 101 Å². The van der Waals surface area contributed by atoms with Crippen molar-refractivity contribution in [2.75, 3.05) is 19.0 Å². The zero-order valence-corrected chi connectivity index (χ0v) is 22.5. The van der Waals surface area contributed by atoms with Crippen LogP contribution in [0.1, 0.15) is 69.4 Å². The maximum atomic E-state index is 13.0. The van der Waals surface area contributed by atoms with Gasteiger partial charge >= 0.3 is 12.0 Å². The van der Waals surface area contributed by atoms with Crippen LogP contribution in [0, 0.1) is 17.3 Å². The number of aliphatic hydroxyl groups excluding tert-OH is 1. The second-order valence-corrected chi connectivity index (χ2v) is 11.0. The van der Waals surface area contributed by atoms with Gasteiger partial charge in [-0.15, -0.1) is 0 Å². The highest BCUT2D eigenvalue weighted by molar-refractivity contribution is 6.31. The second kappa shape index (κ2) is 11.9. The third kappa shape index (κ3) is 7.67. The van der Waals surface area contributed by atoms with Crippen LogP contribution in [0.25, 0.3) is 0 Å². The first-order chi connectivity index (χ1) is 16.3. The number of pyridine rings is 1. The zero-order chi connectivity index (χ0) is 26.4. The maximum Gasteiger partial charge on any atom is 0.339 e. The number of esters is 1. The summed E-state index contributed by atoms with van der Waals surface area (Å²) in [6.45, 7) is 12.4. The van der Waals surface area contributed by atoms with Crippen LogP contribution in [0.2, 0.25) is 5.02 Å². The minimum Gasteiger partial charge on any atom is -0.465 e. The first kappa shape index (κ1) is 28.6. The molecular formula is C27H38ClN3O4. The summed E-state index contributed by atoms with van der Waals surface area (Å²) in [6.07, 6.45) is 3.19. The lowest BCUT2D eigenvalue weighted by atomic mass is 9.74. The number of ether oxygens (including phenoxy) is 1. The first-order valence-corrected chi connectivity index (χ1v) is 12.2. The number of aromatic nitrogens is 1. The number of nitrogens with zero attached hydrogens (tertiary/aromatic N) is 1. The van der Waals surface area contributed by atoms with E-state index in [0.29, 0.717) is 5.02 Å². The molecule has 0 saturated carbocycles. The summed E-state index contributed by atoms with van der Waals surface area (Å²) in [7, 11) is 1.29. The fourth-order valence-electron chi connectivity index (χ4n) is 4.11. The molecule has 8 heteroatoms. The van der Waals surface area contributed by atoms with Crippen LogP contribution in [-0.2, 0) is 16.7 Å². The Kier molecular flexibility index (Phi) is 9.69. The Morgan fingerprint density at radius 3 is 2.31 bits per heavy atom. The molecule has 3 N–H and O–H groups in total. The summed E-state index contributed by atoms with van der Waals surface area (Å²) in [5.74, 6) is -0.439. The molecule has 0 aliphatic carbocycles. The summed E-state index contributed by atoms with van der Waals surface area (Å²) in [5, 5.41) is 16.6. The van der Waals surface area contributed by atoms with Crippen molar-refractivity contribution in [1.82, 2.24) is 10.3 Å². The lowest BCUT2D eigenvalue weighted by Gasteiger charge is -2.40. The van der Waals surface area contributed by atoms with Gasteiger partial charge in [0.15, 0.2) is 0 Å². The van der Waals surface area contributed by atoms with Crippen molar-refractivity contribution in [3.05, 3.63) is 58.2 Å². The largest absolute Gasteiger partial charge is 0.465 e. The molecule has 0 aliphatic rings. The van der Waals surface area contributed by atoms with Crippen LogP contribution in [0.5, 0.6) is 0 Å². The van der Waals surface area contributed by atoms with Crippen LogP contribution < -0.4 is 10.6 Å². The van der Waals surface area contributed by atoms with Gasteiger partial charge in [0, 0.05) is 23.7 Å². The van der Waals surface area contributed by atoms with Crippen LogP contribution in [-0.4, -0.2) is 35.8 Å². The van der Waals surface area contributed by atoms with Crippen molar-refractivity contribution < 1.29 is 19.4 Å². The number of hydrogen-bond donors (Lipinski definition) is 3. The summed E-state index contributed by atoms with van der Waals surface area (Å²) in [6, 6.07) is 8.42. The molecule has 0 bridgehead atoms. The molecule has 2 unspecified atom stereocenters. The van der Waals surface area contributed by atoms with E-state index in [1.807, 2.05) is 39.0 Å². The van der Waals surface area contributed by atoms with E-state index in [9.17, 15) is 14.7 Å². The van der Waals surface area contributed by atoms with E-state index in [0.717, 1.165) is 24.0 Å². The summed E-state index contributed by atoms with van der Waals surface area (Å²) in [4.78, 5) is 28.7. The monoisotopic (exact) mass is 503 g/mol. The van der Waals surface area contributed by atoms with Crippen molar-refractivity contribution in [2.45, 2.75) is 59.9 Å². The molecule has 1 aromatic carbocycles. The van der Waals surface area contributed by atoms with Crippen molar-refractivity contribution in [1.29, 1.82) is 0 Å². The number of methoxy groups -OCH3 is 1. The van der Waals surface area contributed by atoms with Gasteiger partial charge in [-0.25, -0.2) is 14.6 Å². The second-order valence-electron chi connectivity index (χ2n) is 10.6. The number of nitrogens with one attached hydrogen (secondary N) is 2. The number of anilines is 1. The van der Waals surface area contributed by atoms with Gasteiger partial charge < -0.3 is 15.2 Å². The van der Waals surface area contributed by atoms with E-state index in [2.05, 4.69) is 41.1 Å². The Morgan fingerprint density at radius 2 is 1.83 bits per heavy atom. The average Bonchev–Trinajstić information content (AvgIpc) is 2.77. The molecule has 192 valence electrons. The number of benzene rings is 1. The van der Waals surface area contributed by atoms with E-state index in [-0.39, 0.29) is 35.2 Å². The lowest BCUT2D eigenvalue weighted by molar-refractivity contribution is 0.0600. The Bertz CT molecular complexity index is 1020. The first-order valence-electron chi connectivity index (χ1n) is 11.8. The van der Waals surface area contributed by atoms with Crippen LogP contribution in [0.3, 0.4) is 0 Å². The van der Waals surface area contributed by atoms with Gasteiger partial charge in [0.1, 0.15) is 5.82 Å². The molecule has 1 aromatic heterocycles. The number of hydrogen-bond acceptors (Lipinski definition) is 5. The Balaban J connectivity index is 2.31. The van der Waals surface area contributed by atoms with Crippen molar-refractivity contribution >= 4 is 29.4 Å². The quantitative estimate of drug-likeness (QED) is 0.375. The van der Waals surface area contributed by atoms with Crippen LogP contribution in [0.4, 0.5) is 10.6 Å². The molecule has 0 aliphatic heterocycles. The molecular weight excluding hydrogens is 466 g/mol. The number of carbonyl (C=O) groups is 2. The van der Waals surface area contributed by atoms with E-state index in [1.165, 1.54) is 25.4 Å². The number of rotatable bonds is 9. The molecule has 35 heavy (non-hydrogen) atoms. The lowest BCUT2D eigenvalue weighted by Crippen LogP contribution is -2.53. The Labute approximate surface area is 213 Å². The standard InChI is InChI=1S/C27H38ClN3O4/c1-17(2)21(16-32)27(6,20-10-8-18(22(28)14-20)12-13-26(3,4)5)31-25(34)30-23-11-9-19(15-29-23)24(33)35-7/h8-11,14-15,17,21,32H,12-13,16H2,1-7H3,(H2,29,30,31,34). The number of halogens is 1. The summed E-state index contributed by atoms with van der Waals surface area (Å²) < 4.78 is 4.67. The predicted octanol–water partition coefficient (Wildman–Crippen LogP) is 5.80. The van der Waals surface area contributed by atoms with E-state index in [4.69, 9.17) is 11.6 Å². The van der Waals surface area contributed by atoms with Crippen molar-refractivity contribution in [2.24, 2.45) is 17.3 Å². The molecule has 2 amide bonds. The number of amides is 2. The van der Waals surface area contributed by atoms with E-state index < -0.39 is 17.5 Å². The fraction of sp³-hybridized carbons (Fsp3) is 0.519. The molecule has 0 fully saturated rings. The number of aliphatic hydroxyl groups is 1. The third-order valence-electron chi connectivity index (χ3n) is 6.34.